The van der Waals surface area contributed by atoms with E-state index in [1.54, 1.807) is 23.5 Å². The molecule has 3 aromatic rings. The van der Waals surface area contributed by atoms with Gasteiger partial charge in [0.25, 0.3) is 0 Å². The number of hydrogen-bond acceptors (Lipinski definition) is 7. The van der Waals surface area contributed by atoms with Gasteiger partial charge >= 0.3 is 5.97 Å². The maximum absolute atomic E-state index is 13.0. The second kappa shape index (κ2) is 8.88. The van der Waals surface area contributed by atoms with Gasteiger partial charge in [-0.15, -0.1) is 34.0 Å². The lowest BCUT2D eigenvalue weighted by Crippen LogP contribution is -2.39. The zero-order valence-electron chi connectivity index (χ0n) is 15.5. The number of nitrogens with zero attached hydrogens (tertiary/aromatic N) is 1. The minimum Gasteiger partial charge on any atom is -0.458 e. The van der Waals surface area contributed by atoms with Crippen LogP contribution < -0.4 is 0 Å². The van der Waals surface area contributed by atoms with E-state index in [2.05, 4.69) is 22.4 Å². The van der Waals surface area contributed by atoms with Gasteiger partial charge in [-0.05, 0) is 60.1 Å². The Morgan fingerprint density at radius 3 is 2.39 bits per heavy atom. The normalized spacial score (nSPS) is 17.8. The molecule has 28 heavy (non-hydrogen) atoms. The highest BCUT2D eigenvalue weighted by Crippen LogP contribution is 2.37. The Bertz CT molecular complexity index is 825. The fraction of sp³-hybridized carbons (Fsp3) is 0.381. The molecule has 0 aromatic carbocycles. The van der Waals surface area contributed by atoms with Crippen molar-refractivity contribution >= 4 is 40.0 Å². The van der Waals surface area contributed by atoms with Crippen LogP contribution >= 0.6 is 34.0 Å². The van der Waals surface area contributed by atoms with E-state index in [4.69, 9.17) is 4.74 Å². The van der Waals surface area contributed by atoms with Gasteiger partial charge in [0.15, 0.2) is 0 Å². The molecule has 0 radical (unpaired) electrons. The molecule has 3 aromatic heterocycles. The summed E-state index contributed by atoms with van der Waals surface area (Å²) in [6.07, 6.45) is 2.85. The Morgan fingerprint density at radius 1 is 1.11 bits per heavy atom. The van der Waals surface area contributed by atoms with Crippen molar-refractivity contribution in [2.75, 3.05) is 19.6 Å². The number of aryl methyl sites for hydroxylation is 1. The second-order valence-electron chi connectivity index (χ2n) is 6.96. The molecule has 1 atom stereocenters. The highest BCUT2D eigenvalue weighted by Gasteiger charge is 2.45. The molecule has 7 heteroatoms. The highest BCUT2D eigenvalue weighted by molar-refractivity contribution is 7.12. The van der Waals surface area contributed by atoms with Gasteiger partial charge in [0.2, 0.25) is 5.60 Å². The molecule has 0 aliphatic carbocycles. The number of thiophene rings is 3. The SMILES string of the molecule is O=C(O[C@@H]1CCN(CCCc2cccs2)C1)C(O)(c1cccs1)c1cccs1. The molecule has 1 saturated heterocycles. The summed E-state index contributed by atoms with van der Waals surface area (Å²) in [5.74, 6) is -0.567. The third-order valence-electron chi connectivity index (χ3n) is 5.03. The molecule has 0 saturated carbocycles. The van der Waals surface area contributed by atoms with E-state index in [9.17, 15) is 9.90 Å². The molecule has 1 N–H and O–H groups in total. The zero-order valence-corrected chi connectivity index (χ0v) is 17.9. The van der Waals surface area contributed by atoms with Crippen molar-refractivity contribution in [3.63, 3.8) is 0 Å². The maximum atomic E-state index is 13.0. The number of likely N-dealkylation sites (tertiary alicyclic amines) is 1. The molecule has 4 rings (SSSR count). The molecule has 4 heterocycles. The highest BCUT2D eigenvalue weighted by atomic mass is 32.1. The molecule has 1 aliphatic heterocycles. The fourth-order valence-corrected chi connectivity index (χ4v) is 6.02. The summed E-state index contributed by atoms with van der Waals surface area (Å²) in [7, 11) is 0. The average Bonchev–Trinajstić information content (AvgIpc) is 3.50. The minimum atomic E-state index is -1.71. The summed E-state index contributed by atoms with van der Waals surface area (Å²) in [5.41, 5.74) is -1.71. The lowest BCUT2D eigenvalue weighted by atomic mass is 10.00. The Balaban J connectivity index is 1.35. The van der Waals surface area contributed by atoms with Crippen LogP contribution in [0.4, 0.5) is 0 Å². The zero-order chi connectivity index (χ0) is 19.4. The number of hydrogen-bond donors (Lipinski definition) is 1. The first-order valence-corrected chi connectivity index (χ1v) is 12.1. The average molecular weight is 434 g/mol. The van der Waals surface area contributed by atoms with Gasteiger partial charge in [-0.25, -0.2) is 4.79 Å². The molecule has 0 spiro atoms. The number of ether oxygens (including phenoxy) is 1. The summed E-state index contributed by atoms with van der Waals surface area (Å²) in [5, 5.41) is 17.2. The summed E-state index contributed by atoms with van der Waals surface area (Å²) in [4.78, 5) is 18.0. The molecular weight excluding hydrogens is 410 g/mol. The Kier molecular flexibility index (Phi) is 6.28. The smallest absolute Gasteiger partial charge is 0.349 e. The maximum Gasteiger partial charge on any atom is 0.349 e. The fourth-order valence-electron chi connectivity index (χ4n) is 3.56. The molecule has 148 valence electrons. The van der Waals surface area contributed by atoms with Crippen molar-refractivity contribution in [3.8, 4) is 0 Å². The Hall–Kier alpha value is -1.51. The van der Waals surface area contributed by atoms with Crippen LogP contribution in [0.3, 0.4) is 0 Å². The molecule has 1 fully saturated rings. The predicted molar refractivity (Wildman–Crippen MR) is 115 cm³/mol. The van der Waals surface area contributed by atoms with Crippen molar-refractivity contribution in [1.82, 2.24) is 4.90 Å². The van der Waals surface area contributed by atoms with Crippen molar-refractivity contribution in [3.05, 3.63) is 67.2 Å². The van der Waals surface area contributed by atoms with Gasteiger partial charge in [0.05, 0.1) is 9.75 Å². The van der Waals surface area contributed by atoms with Gasteiger partial charge in [-0.2, -0.15) is 0 Å². The van der Waals surface area contributed by atoms with Crippen LogP contribution in [0, 0.1) is 0 Å². The molecule has 1 aliphatic rings. The van der Waals surface area contributed by atoms with E-state index in [0.717, 1.165) is 38.9 Å². The molecule has 0 unspecified atom stereocenters. The van der Waals surface area contributed by atoms with E-state index < -0.39 is 11.6 Å². The lowest BCUT2D eigenvalue weighted by Gasteiger charge is -2.26. The van der Waals surface area contributed by atoms with Crippen LogP contribution in [0.1, 0.15) is 27.5 Å². The molecule has 0 bridgehead atoms. The lowest BCUT2D eigenvalue weighted by molar-refractivity contribution is -0.166. The second-order valence-corrected chi connectivity index (χ2v) is 9.89. The first-order chi connectivity index (χ1) is 13.7. The predicted octanol–water partition coefficient (Wildman–Crippen LogP) is 4.36. The summed E-state index contributed by atoms with van der Waals surface area (Å²) in [6.45, 7) is 2.67. The van der Waals surface area contributed by atoms with Gasteiger partial charge in [0.1, 0.15) is 6.10 Å². The van der Waals surface area contributed by atoms with Crippen molar-refractivity contribution in [2.45, 2.75) is 31.0 Å². The van der Waals surface area contributed by atoms with Gasteiger partial charge in [-0.1, -0.05) is 18.2 Å². The van der Waals surface area contributed by atoms with E-state index >= 15 is 0 Å². The van der Waals surface area contributed by atoms with Crippen molar-refractivity contribution < 1.29 is 14.6 Å². The van der Waals surface area contributed by atoms with Crippen LogP contribution in [-0.2, 0) is 21.6 Å². The number of carbonyl (C=O) groups is 1. The van der Waals surface area contributed by atoms with E-state index in [0.29, 0.717) is 9.75 Å². The van der Waals surface area contributed by atoms with Gasteiger partial charge in [-0.3, -0.25) is 4.90 Å². The van der Waals surface area contributed by atoms with Crippen LogP contribution in [-0.4, -0.2) is 41.7 Å². The third-order valence-corrected chi connectivity index (χ3v) is 7.92. The largest absolute Gasteiger partial charge is 0.458 e. The number of esters is 1. The topological polar surface area (TPSA) is 49.8 Å². The van der Waals surface area contributed by atoms with E-state index in [-0.39, 0.29) is 6.10 Å². The molecule has 0 amide bonds. The molecular formula is C21H23NO3S3. The number of carbonyl (C=O) groups excluding carboxylic acids is 1. The van der Waals surface area contributed by atoms with Crippen LogP contribution in [0.15, 0.2) is 52.5 Å². The Labute approximate surface area is 177 Å². The summed E-state index contributed by atoms with van der Waals surface area (Å²) < 4.78 is 5.79. The van der Waals surface area contributed by atoms with Crippen LogP contribution in [0.25, 0.3) is 0 Å². The van der Waals surface area contributed by atoms with Crippen molar-refractivity contribution in [2.24, 2.45) is 0 Å². The van der Waals surface area contributed by atoms with E-state index in [1.165, 1.54) is 27.6 Å². The standard InChI is InChI=1S/C21H23NO3S3/c23-20(21(24,18-7-3-13-27-18)19-8-4-14-28-19)25-16-9-11-22(15-16)10-1-5-17-6-2-12-26-17/h2-4,6-8,12-14,16,24H,1,5,9-11,15H2/t16-/m1/s1. The third kappa shape index (κ3) is 4.23. The number of aliphatic hydroxyl groups is 1. The van der Waals surface area contributed by atoms with E-state index in [1.807, 2.05) is 22.9 Å². The monoisotopic (exact) mass is 433 g/mol. The minimum absolute atomic E-state index is 0.166. The number of rotatable bonds is 8. The van der Waals surface area contributed by atoms with Crippen LogP contribution in [0.5, 0.6) is 0 Å². The molecule has 4 nitrogen and oxygen atoms in total. The van der Waals surface area contributed by atoms with Gasteiger partial charge < -0.3 is 9.84 Å². The first kappa shape index (κ1) is 19.8. The first-order valence-electron chi connectivity index (χ1n) is 9.42. The summed E-state index contributed by atoms with van der Waals surface area (Å²) in [6, 6.07) is 11.5. The Morgan fingerprint density at radius 2 is 1.79 bits per heavy atom. The van der Waals surface area contributed by atoms with Crippen molar-refractivity contribution in [1.29, 1.82) is 0 Å². The quantitative estimate of drug-likeness (QED) is 0.537. The van der Waals surface area contributed by atoms with Gasteiger partial charge in [0, 0.05) is 18.0 Å². The summed E-state index contributed by atoms with van der Waals surface area (Å²) >= 11 is 4.54. The van der Waals surface area contributed by atoms with Crippen LogP contribution in [0.2, 0.25) is 0 Å².